The Kier molecular flexibility index (Phi) is 8.26. The van der Waals surface area contributed by atoms with Crippen LogP contribution in [0.4, 0.5) is 13.2 Å². The Bertz CT molecular complexity index is 1390. The van der Waals surface area contributed by atoms with Crippen LogP contribution in [-0.2, 0) is 17.9 Å². The number of aromatic nitrogens is 2. The lowest BCUT2D eigenvalue weighted by Crippen LogP contribution is -2.28. The van der Waals surface area contributed by atoms with Crippen LogP contribution in [0.2, 0.25) is 0 Å². The minimum Gasteiger partial charge on any atom is -0.484 e. The lowest BCUT2D eigenvalue weighted by Gasteiger charge is -2.10. The number of nitrogens with zero attached hydrogens (tertiary/aromatic N) is 2. The summed E-state index contributed by atoms with van der Waals surface area (Å²) in [6.07, 6.45) is -4.79. The first-order valence-electron chi connectivity index (χ1n) is 11.2. The number of carbonyl (C=O) groups is 2. The quantitative estimate of drug-likeness (QED) is 0.298. The monoisotopic (exact) mass is 546 g/mol. The highest BCUT2D eigenvalue weighted by molar-refractivity contribution is 7.09. The number of thiazole rings is 1. The van der Waals surface area contributed by atoms with E-state index in [0.717, 1.165) is 23.3 Å². The number of benzene rings is 2. The van der Waals surface area contributed by atoms with Gasteiger partial charge in [0.1, 0.15) is 33.7 Å². The minimum atomic E-state index is -4.79. The van der Waals surface area contributed by atoms with E-state index >= 15 is 0 Å². The molecule has 38 heavy (non-hydrogen) atoms. The number of aryl methyl sites for hydroxylation is 1. The molecular formula is C25H21F3N4O5S. The van der Waals surface area contributed by atoms with Gasteiger partial charge >= 0.3 is 6.36 Å². The van der Waals surface area contributed by atoms with E-state index in [-0.39, 0.29) is 37.0 Å². The molecule has 0 radical (unpaired) electrons. The molecule has 4 rings (SSSR count). The van der Waals surface area contributed by atoms with Crippen LogP contribution in [0.15, 0.2) is 64.5 Å². The second kappa shape index (κ2) is 11.8. The Morgan fingerprint density at radius 2 is 1.71 bits per heavy atom. The summed E-state index contributed by atoms with van der Waals surface area (Å²) in [6, 6.07) is 14.1. The van der Waals surface area contributed by atoms with Crippen molar-refractivity contribution in [2.45, 2.75) is 26.4 Å². The van der Waals surface area contributed by atoms with Gasteiger partial charge in [0.15, 0.2) is 6.61 Å². The van der Waals surface area contributed by atoms with Gasteiger partial charge < -0.3 is 24.6 Å². The first-order chi connectivity index (χ1) is 18.2. The molecule has 0 saturated heterocycles. The van der Waals surface area contributed by atoms with Crippen molar-refractivity contribution in [3.63, 3.8) is 0 Å². The van der Waals surface area contributed by atoms with E-state index < -0.39 is 18.0 Å². The fourth-order valence-electron chi connectivity index (χ4n) is 3.29. The fourth-order valence-corrected chi connectivity index (χ4v) is 4.00. The molecule has 2 amide bonds. The van der Waals surface area contributed by atoms with Crippen LogP contribution < -0.4 is 20.1 Å². The molecule has 2 N–H and O–H groups in total. The maximum atomic E-state index is 12.6. The van der Waals surface area contributed by atoms with Crippen LogP contribution in [0.5, 0.6) is 11.5 Å². The van der Waals surface area contributed by atoms with E-state index in [1.165, 1.54) is 23.5 Å². The standard InChI is InChI=1S/C25H21F3N4O5S/c1-15-19(23(32-37-15)16-5-3-2-4-6-16)11-30-24(34)20-14-38-22(31-20)12-29-21(33)13-35-17-7-9-18(10-8-17)36-25(26,27)28/h2-10,14H,11-13H2,1H3,(H,29,33)(H,30,34). The molecule has 0 unspecified atom stereocenters. The van der Waals surface area contributed by atoms with Gasteiger partial charge in [-0.1, -0.05) is 35.5 Å². The lowest BCUT2D eigenvalue weighted by atomic mass is 10.1. The predicted octanol–water partition coefficient (Wildman–Crippen LogP) is 4.63. The lowest BCUT2D eigenvalue weighted by molar-refractivity contribution is -0.274. The highest BCUT2D eigenvalue weighted by Crippen LogP contribution is 2.26. The topological polar surface area (TPSA) is 116 Å². The molecule has 9 nitrogen and oxygen atoms in total. The Labute approximate surface area is 218 Å². The molecular weight excluding hydrogens is 525 g/mol. The molecule has 0 aliphatic heterocycles. The Morgan fingerprint density at radius 3 is 2.42 bits per heavy atom. The maximum Gasteiger partial charge on any atom is 0.573 e. The van der Waals surface area contributed by atoms with Gasteiger partial charge in [-0.25, -0.2) is 4.98 Å². The van der Waals surface area contributed by atoms with Gasteiger partial charge in [0.2, 0.25) is 0 Å². The highest BCUT2D eigenvalue weighted by Gasteiger charge is 2.31. The molecule has 2 aromatic heterocycles. The summed E-state index contributed by atoms with van der Waals surface area (Å²) < 4.78 is 51.0. The molecule has 2 aromatic carbocycles. The van der Waals surface area contributed by atoms with E-state index in [1.54, 1.807) is 12.3 Å². The van der Waals surface area contributed by atoms with E-state index in [1.807, 2.05) is 30.3 Å². The van der Waals surface area contributed by atoms with Crippen molar-refractivity contribution in [2.24, 2.45) is 0 Å². The van der Waals surface area contributed by atoms with Gasteiger partial charge in [-0.2, -0.15) is 0 Å². The average molecular weight is 547 g/mol. The van der Waals surface area contributed by atoms with Crippen molar-refractivity contribution in [3.05, 3.63) is 82.0 Å². The second-order valence-electron chi connectivity index (χ2n) is 7.83. The summed E-state index contributed by atoms with van der Waals surface area (Å²) in [4.78, 5) is 28.9. The van der Waals surface area contributed by atoms with Crippen molar-refractivity contribution in [3.8, 4) is 22.8 Å². The zero-order chi connectivity index (χ0) is 27.1. The van der Waals surface area contributed by atoms with Gasteiger partial charge in [-0.3, -0.25) is 9.59 Å². The SMILES string of the molecule is Cc1onc(-c2ccccc2)c1CNC(=O)c1csc(CNC(=O)COc2ccc(OC(F)(F)F)cc2)n1. The van der Waals surface area contributed by atoms with Crippen LogP contribution in [0.1, 0.15) is 26.8 Å². The van der Waals surface area contributed by atoms with Crippen LogP contribution in [-0.4, -0.2) is 34.9 Å². The molecule has 2 heterocycles. The second-order valence-corrected chi connectivity index (χ2v) is 8.77. The first-order valence-corrected chi connectivity index (χ1v) is 12.0. The third-order valence-corrected chi connectivity index (χ3v) is 5.95. The number of hydrogen-bond donors (Lipinski definition) is 2. The number of hydrogen-bond acceptors (Lipinski definition) is 8. The number of amides is 2. The largest absolute Gasteiger partial charge is 0.573 e. The summed E-state index contributed by atoms with van der Waals surface area (Å²) in [6.45, 7) is 1.68. The summed E-state index contributed by atoms with van der Waals surface area (Å²) in [5.74, 6) is -0.468. The predicted molar refractivity (Wildman–Crippen MR) is 130 cm³/mol. The minimum absolute atomic E-state index is 0.0708. The van der Waals surface area contributed by atoms with E-state index in [0.29, 0.717) is 16.5 Å². The van der Waals surface area contributed by atoms with E-state index in [2.05, 4.69) is 25.5 Å². The normalized spacial score (nSPS) is 11.2. The fraction of sp³-hybridized carbons (Fsp3) is 0.200. The smallest absolute Gasteiger partial charge is 0.484 e. The van der Waals surface area contributed by atoms with Gasteiger partial charge in [-0.15, -0.1) is 24.5 Å². The van der Waals surface area contributed by atoms with Crippen molar-refractivity contribution in [1.82, 2.24) is 20.8 Å². The molecule has 0 spiro atoms. The third-order valence-electron chi connectivity index (χ3n) is 5.11. The molecule has 0 aliphatic carbocycles. The summed E-state index contributed by atoms with van der Waals surface area (Å²) >= 11 is 1.20. The molecule has 0 saturated carbocycles. The molecule has 198 valence electrons. The van der Waals surface area contributed by atoms with Crippen LogP contribution in [0, 0.1) is 6.92 Å². The number of halogens is 3. The van der Waals surface area contributed by atoms with Crippen LogP contribution in [0.3, 0.4) is 0 Å². The van der Waals surface area contributed by atoms with Crippen molar-refractivity contribution in [1.29, 1.82) is 0 Å². The van der Waals surface area contributed by atoms with Crippen molar-refractivity contribution in [2.75, 3.05) is 6.61 Å². The number of nitrogens with one attached hydrogen (secondary N) is 2. The van der Waals surface area contributed by atoms with Crippen LogP contribution in [0.25, 0.3) is 11.3 Å². The Balaban J connectivity index is 1.23. The molecule has 13 heteroatoms. The average Bonchev–Trinajstić information content (AvgIpc) is 3.52. The molecule has 0 atom stereocenters. The number of alkyl halides is 3. The summed E-state index contributed by atoms with van der Waals surface area (Å²) in [5, 5.41) is 11.6. The zero-order valence-electron chi connectivity index (χ0n) is 19.9. The zero-order valence-corrected chi connectivity index (χ0v) is 20.7. The number of ether oxygens (including phenoxy) is 2. The van der Waals surface area contributed by atoms with Gasteiger partial charge in [0.25, 0.3) is 11.8 Å². The third kappa shape index (κ3) is 7.32. The maximum absolute atomic E-state index is 12.6. The highest BCUT2D eigenvalue weighted by atomic mass is 32.1. The first kappa shape index (κ1) is 26.7. The molecule has 0 aliphatic rings. The van der Waals surface area contributed by atoms with Crippen molar-refractivity contribution < 1.29 is 36.8 Å². The molecule has 0 bridgehead atoms. The van der Waals surface area contributed by atoms with Gasteiger partial charge in [0.05, 0.1) is 6.54 Å². The number of carbonyl (C=O) groups excluding carboxylic acids is 2. The van der Waals surface area contributed by atoms with Gasteiger partial charge in [-0.05, 0) is 31.2 Å². The van der Waals surface area contributed by atoms with Crippen LogP contribution >= 0.6 is 11.3 Å². The van der Waals surface area contributed by atoms with Gasteiger partial charge in [0, 0.05) is 23.1 Å². The van der Waals surface area contributed by atoms with E-state index in [9.17, 15) is 22.8 Å². The Morgan fingerprint density at radius 1 is 1.00 bits per heavy atom. The number of rotatable bonds is 10. The van der Waals surface area contributed by atoms with E-state index in [4.69, 9.17) is 9.26 Å². The molecule has 4 aromatic rings. The summed E-state index contributed by atoms with van der Waals surface area (Å²) in [5.41, 5.74) is 2.48. The Hall–Kier alpha value is -4.39. The van der Waals surface area contributed by atoms with Crippen molar-refractivity contribution >= 4 is 23.2 Å². The summed E-state index contributed by atoms with van der Waals surface area (Å²) in [7, 11) is 0. The molecule has 0 fully saturated rings.